The van der Waals surface area contributed by atoms with Gasteiger partial charge in [-0.05, 0) is 31.2 Å². The zero-order valence-corrected chi connectivity index (χ0v) is 11.1. The van der Waals surface area contributed by atoms with Gasteiger partial charge in [0.15, 0.2) is 5.82 Å². The molecular formula is C12H14FN3O2S. The van der Waals surface area contributed by atoms with E-state index >= 15 is 0 Å². The molecule has 0 bridgehead atoms. The third-order valence-corrected chi connectivity index (χ3v) is 3.48. The molecular weight excluding hydrogens is 269 g/mol. The molecule has 7 heteroatoms. The highest BCUT2D eigenvalue weighted by molar-refractivity contribution is 7.98. The summed E-state index contributed by atoms with van der Waals surface area (Å²) in [6.45, 7) is 1.56. The van der Waals surface area contributed by atoms with Crippen molar-refractivity contribution in [1.29, 1.82) is 0 Å². The maximum atomic E-state index is 12.7. The minimum absolute atomic E-state index is 0.213. The van der Waals surface area contributed by atoms with E-state index in [1.807, 2.05) is 0 Å². The number of aromatic nitrogens is 2. The monoisotopic (exact) mass is 283 g/mol. The Kier molecular flexibility index (Phi) is 4.52. The molecule has 0 radical (unpaired) electrons. The van der Waals surface area contributed by atoms with Crippen molar-refractivity contribution in [1.82, 2.24) is 10.1 Å². The molecule has 0 aliphatic rings. The fourth-order valence-corrected chi connectivity index (χ4v) is 2.09. The van der Waals surface area contributed by atoms with Gasteiger partial charge in [0.05, 0.1) is 11.9 Å². The normalized spacial score (nSPS) is 14.3. The Labute approximate surface area is 114 Å². The first-order valence-electron chi connectivity index (χ1n) is 5.71. The lowest BCUT2D eigenvalue weighted by Crippen LogP contribution is -2.23. The standard InChI is InChI=1S/C12H14FN3O2S/c1-7(17)11(14)12-15-10(16-18-12)6-19-9-4-2-8(13)3-5-9/h2-5,7,11,17H,6,14H2,1H3. The van der Waals surface area contributed by atoms with Gasteiger partial charge in [-0.3, -0.25) is 0 Å². The van der Waals surface area contributed by atoms with Crippen molar-refractivity contribution < 1.29 is 14.0 Å². The van der Waals surface area contributed by atoms with E-state index in [-0.39, 0.29) is 11.7 Å². The Morgan fingerprint density at radius 1 is 1.42 bits per heavy atom. The van der Waals surface area contributed by atoms with Gasteiger partial charge in [0.1, 0.15) is 11.9 Å². The topological polar surface area (TPSA) is 85.2 Å². The summed E-state index contributed by atoms with van der Waals surface area (Å²) in [6, 6.07) is 5.48. The lowest BCUT2D eigenvalue weighted by Gasteiger charge is -2.08. The Balaban J connectivity index is 1.95. The minimum Gasteiger partial charge on any atom is -0.391 e. The zero-order valence-electron chi connectivity index (χ0n) is 10.3. The first-order chi connectivity index (χ1) is 9.06. The summed E-state index contributed by atoms with van der Waals surface area (Å²) in [7, 11) is 0. The molecule has 0 amide bonds. The first kappa shape index (κ1) is 14.0. The van der Waals surface area contributed by atoms with Crippen LogP contribution in [0.4, 0.5) is 4.39 Å². The third-order valence-electron chi connectivity index (χ3n) is 2.47. The van der Waals surface area contributed by atoms with Crippen LogP contribution in [0.5, 0.6) is 0 Å². The van der Waals surface area contributed by atoms with Crippen LogP contribution in [0, 0.1) is 5.82 Å². The van der Waals surface area contributed by atoms with Gasteiger partial charge in [0.2, 0.25) is 5.89 Å². The molecule has 0 aliphatic heterocycles. The van der Waals surface area contributed by atoms with Gasteiger partial charge in [0.25, 0.3) is 0 Å². The number of nitrogens with zero attached hydrogens (tertiary/aromatic N) is 2. The van der Waals surface area contributed by atoms with Crippen molar-refractivity contribution in [3.63, 3.8) is 0 Å². The summed E-state index contributed by atoms with van der Waals surface area (Å²) in [5, 5.41) is 13.1. The second kappa shape index (κ2) is 6.14. The van der Waals surface area contributed by atoms with Crippen LogP contribution in [0.25, 0.3) is 0 Å². The third kappa shape index (κ3) is 3.76. The summed E-state index contributed by atoms with van der Waals surface area (Å²) in [5.74, 6) is 0.918. The molecule has 2 atom stereocenters. The average molecular weight is 283 g/mol. The molecule has 0 saturated heterocycles. The van der Waals surface area contributed by atoms with Gasteiger partial charge in [-0.1, -0.05) is 5.16 Å². The van der Waals surface area contributed by atoms with Crippen LogP contribution < -0.4 is 5.73 Å². The van der Waals surface area contributed by atoms with E-state index < -0.39 is 12.1 Å². The number of rotatable bonds is 5. The second-order valence-corrected chi connectivity index (χ2v) is 5.11. The fraction of sp³-hybridized carbons (Fsp3) is 0.333. The molecule has 2 aromatic rings. The molecule has 0 spiro atoms. The van der Waals surface area contributed by atoms with Crippen LogP contribution in [0.2, 0.25) is 0 Å². The summed E-state index contributed by atoms with van der Waals surface area (Å²) in [5.41, 5.74) is 5.68. The molecule has 5 nitrogen and oxygen atoms in total. The molecule has 0 fully saturated rings. The Bertz CT molecular complexity index is 530. The van der Waals surface area contributed by atoms with Crippen LogP contribution in [0.15, 0.2) is 33.7 Å². The lowest BCUT2D eigenvalue weighted by atomic mass is 10.2. The Morgan fingerprint density at radius 3 is 2.74 bits per heavy atom. The largest absolute Gasteiger partial charge is 0.391 e. The molecule has 1 aromatic heterocycles. The number of benzene rings is 1. The number of aliphatic hydroxyl groups is 1. The average Bonchev–Trinajstić information content (AvgIpc) is 2.86. The van der Waals surface area contributed by atoms with Gasteiger partial charge in [-0.2, -0.15) is 4.98 Å². The second-order valence-electron chi connectivity index (χ2n) is 4.06. The minimum atomic E-state index is -0.752. The first-order valence-corrected chi connectivity index (χ1v) is 6.69. The van der Waals surface area contributed by atoms with Gasteiger partial charge < -0.3 is 15.4 Å². The number of thioether (sulfide) groups is 1. The molecule has 1 aromatic carbocycles. The highest BCUT2D eigenvalue weighted by atomic mass is 32.2. The highest BCUT2D eigenvalue weighted by Gasteiger charge is 2.19. The van der Waals surface area contributed by atoms with Crippen molar-refractivity contribution in [2.75, 3.05) is 0 Å². The molecule has 0 saturated carbocycles. The number of halogens is 1. The predicted molar refractivity (Wildman–Crippen MR) is 68.9 cm³/mol. The van der Waals surface area contributed by atoms with Crippen LogP contribution in [-0.4, -0.2) is 21.4 Å². The van der Waals surface area contributed by atoms with Gasteiger partial charge in [0, 0.05) is 4.90 Å². The Hall–Kier alpha value is -1.44. The van der Waals surface area contributed by atoms with E-state index in [2.05, 4.69) is 10.1 Å². The highest BCUT2D eigenvalue weighted by Crippen LogP contribution is 2.22. The van der Waals surface area contributed by atoms with Gasteiger partial charge >= 0.3 is 0 Å². The van der Waals surface area contributed by atoms with Crippen molar-refractivity contribution in [3.8, 4) is 0 Å². The van der Waals surface area contributed by atoms with Crippen molar-refractivity contribution >= 4 is 11.8 Å². The van der Waals surface area contributed by atoms with E-state index in [9.17, 15) is 9.50 Å². The van der Waals surface area contributed by atoms with Crippen LogP contribution in [0.3, 0.4) is 0 Å². The van der Waals surface area contributed by atoms with E-state index in [0.29, 0.717) is 11.6 Å². The van der Waals surface area contributed by atoms with Crippen molar-refractivity contribution in [2.24, 2.45) is 5.73 Å². The zero-order chi connectivity index (χ0) is 13.8. The summed E-state index contributed by atoms with van der Waals surface area (Å²) < 4.78 is 17.7. The van der Waals surface area contributed by atoms with Crippen LogP contribution in [0.1, 0.15) is 24.7 Å². The predicted octanol–water partition coefficient (Wildman–Crippen LogP) is 1.88. The molecule has 102 valence electrons. The fourth-order valence-electron chi connectivity index (χ4n) is 1.35. The number of aliphatic hydroxyl groups excluding tert-OH is 1. The maximum absolute atomic E-state index is 12.7. The van der Waals surface area contributed by atoms with E-state index in [4.69, 9.17) is 10.3 Å². The summed E-state index contributed by atoms with van der Waals surface area (Å²) in [4.78, 5) is 5.02. The lowest BCUT2D eigenvalue weighted by molar-refractivity contribution is 0.146. The molecule has 1 heterocycles. The molecule has 0 aliphatic carbocycles. The molecule has 2 rings (SSSR count). The smallest absolute Gasteiger partial charge is 0.246 e. The van der Waals surface area contributed by atoms with Crippen LogP contribution in [-0.2, 0) is 5.75 Å². The van der Waals surface area contributed by atoms with Gasteiger partial charge in [-0.15, -0.1) is 11.8 Å². The summed E-state index contributed by atoms with van der Waals surface area (Å²) >= 11 is 1.46. The summed E-state index contributed by atoms with van der Waals surface area (Å²) in [6.07, 6.45) is -0.752. The SMILES string of the molecule is CC(O)C(N)c1nc(CSc2ccc(F)cc2)no1. The molecule has 2 unspecified atom stereocenters. The van der Waals surface area contributed by atoms with E-state index in [1.165, 1.54) is 23.9 Å². The molecule has 19 heavy (non-hydrogen) atoms. The number of hydrogen-bond donors (Lipinski definition) is 2. The van der Waals surface area contributed by atoms with Crippen molar-refractivity contribution in [2.45, 2.75) is 29.7 Å². The van der Waals surface area contributed by atoms with E-state index in [0.717, 1.165) is 4.90 Å². The van der Waals surface area contributed by atoms with Crippen molar-refractivity contribution in [3.05, 3.63) is 41.8 Å². The number of nitrogens with two attached hydrogens (primary N) is 1. The number of hydrogen-bond acceptors (Lipinski definition) is 6. The molecule has 3 N–H and O–H groups in total. The van der Waals surface area contributed by atoms with E-state index in [1.54, 1.807) is 19.1 Å². The van der Waals surface area contributed by atoms with Gasteiger partial charge in [-0.25, -0.2) is 4.39 Å². The quantitative estimate of drug-likeness (QED) is 0.815. The Morgan fingerprint density at radius 2 is 2.11 bits per heavy atom. The van der Waals surface area contributed by atoms with Crippen LogP contribution >= 0.6 is 11.8 Å². The maximum Gasteiger partial charge on any atom is 0.246 e.